The molecule has 0 fully saturated rings. The molecule has 2 heteroatoms. The van der Waals surface area contributed by atoms with Gasteiger partial charge in [0.15, 0.2) is 0 Å². The molecule has 0 unspecified atom stereocenters. The molecule has 0 atom stereocenters. The maximum Gasteiger partial charge on any atom is 0.0548 e. The van der Waals surface area contributed by atoms with Crippen LogP contribution in [0.5, 0.6) is 0 Å². The van der Waals surface area contributed by atoms with Crippen molar-refractivity contribution in [3.05, 3.63) is 114 Å². The van der Waals surface area contributed by atoms with E-state index in [0.29, 0.717) is 0 Å². The maximum absolute atomic E-state index is 2.47. The number of fused-ring (bicyclic) bond motifs is 9. The summed E-state index contributed by atoms with van der Waals surface area (Å²) in [5.41, 5.74) is 11.9. The number of hydrogen-bond acceptors (Lipinski definition) is 0. The van der Waals surface area contributed by atoms with Gasteiger partial charge in [-0.1, -0.05) is 74.5 Å². The number of hydrogen-bond donors (Lipinski definition) is 0. The number of para-hydroxylation sites is 2. The standard InChI is InChI=1S/C34H26N2/c1-34(2)28-15-9-7-13-22(28)24-18-31-25(17-29(24)34)27-20-33-26(19-32(27)35(31)3)23-14-8-10-16-30(23)36(33)21-11-5-4-6-12-21/h4-20H,1-3H3. The van der Waals surface area contributed by atoms with Crippen molar-refractivity contribution in [1.29, 1.82) is 0 Å². The van der Waals surface area contributed by atoms with Crippen LogP contribution in [0.25, 0.3) is 60.4 Å². The number of nitrogens with zero attached hydrogens (tertiary/aromatic N) is 2. The smallest absolute Gasteiger partial charge is 0.0548 e. The highest BCUT2D eigenvalue weighted by Crippen LogP contribution is 2.50. The Hall–Kier alpha value is -4.30. The molecule has 172 valence electrons. The van der Waals surface area contributed by atoms with E-state index in [2.05, 4.69) is 133 Å². The Balaban J connectivity index is 1.52. The van der Waals surface area contributed by atoms with Gasteiger partial charge >= 0.3 is 0 Å². The van der Waals surface area contributed by atoms with Gasteiger partial charge in [0.05, 0.1) is 11.0 Å². The van der Waals surface area contributed by atoms with Crippen molar-refractivity contribution < 1.29 is 0 Å². The molecule has 2 heterocycles. The predicted molar refractivity (Wildman–Crippen MR) is 152 cm³/mol. The van der Waals surface area contributed by atoms with Crippen molar-refractivity contribution in [2.24, 2.45) is 7.05 Å². The van der Waals surface area contributed by atoms with Crippen molar-refractivity contribution in [2.75, 3.05) is 0 Å². The fraction of sp³-hybridized carbons (Fsp3) is 0.118. The van der Waals surface area contributed by atoms with Crippen LogP contribution in [0.1, 0.15) is 25.0 Å². The third kappa shape index (κ3) is 2.37. The lowest BCUT2D eigenvalue weighted by atomic mass is 9.82. The van der Waals surface area contributed by atoms with Gasteiger partial charge in [-0.2, -0.15) is 0 Å². The van der Waals surface area contributed by atoms with Gasteiger partial charge in [-0.05, 0) is 64.7 Å². The molecule has 0 aliphatic heterocycles. The first-order valence-corrected chi connectivity index (χ1v) is 12.7. The van der Waals surface area contributed by atoms with E-state index < -0.39 is 0 Å². The van der Waals surface area contributed by atoms with E-state index in [1.807, 2.05) is 0 Å². The van der Waals surface area contributed by atoms with E-state index in [4.69, 9.17) is 0 Å². The monoisotopic (exact) mass is 462 g/mol. The summed E-state index contributed by atoms with van der Waals surface area (Å²) in [4.78, 5) is 0. The molecule has 0 N–H and O–H groups in total. The van der Waals surface area contributed by atoms with Crippen LogP contribution < -0.4 is 0 Å². The Labute approximate surface area is 210 Å². The van der Waals surface area contributed by atoms with E-state index in [0.717, 1.165) is 0 Å². The van der Waals surface area contributed by atoms with Crippen LogP contribution in [0, 0.1) is 0 Å². The maximum atomic E-state index is 2.47. The van der Waals surface area contributed by atoms with Crippen LogP contribution >= 0.6 is 0 Å². The molecule has 0 spiro atoms. The molecular weight excluding hydrogens is 436 g/mol. The molecule has 0 bridgehead atoms. The first kappa shape index (κ1) is 19.9. The summed E-state index contributed by atoms with van der Waals surface area (Å²) < 4.78 is 4.79. The predicted octanol–water partition coefficient (Wildman–Crippen LogP) is 8.73. The van der Waals surface area contributed by atoms with Crippen LogP contribution in [-0.4, -0.2) is 9.13 Å². The van der Waals surface area contributed by atoms with Gasteiger partial charge in [-0.3, -0.25) is 0 Å². The van der Waals surface area contributed by atoms with Gasteiger partial charge in [0.2, 0.25) is 0 Å². The van der Waals surface area contributed by atoms with Crippen LogP contribution in [-0.2, 0) is 12.5 Å². The number of aryl methyl sites for hydroxylation is 1. The van der Waals surface area contributed by atoms with Gasteiger partial charge in [0.1, 0.15) is 0 Å². The third-order valence-corrected chi connectivity index (χ3v) is 8.52. The minimum Gasteiger partial charge on any atom is -0.344 e. The molecule has 0 radical (unpaired) electrons. The lowest BCUT2D eigenvalue weighted by Gasteiger charge is -2.21. The minimum atomic E-state index is -0.00861. The largest absolute Gasteiger partial charge is 0.344 e. The summed E-state index contributed by atoms with van der Waals surface area (Å²) in [6.45, 7) is 4.72. The second kappa shape index (κ2) is 6.67. The van der Waals surface area contributed by atoms with E-state index in [1.165, 1.54) is 71.6 Å². The highest BCUT2D eigenvalue weighted by molar-refractivity contribution is 6.19. The molecule has 8 rings (SSSR count). The highest BCUT2D eigenvalue weighted by atomic mass is 15.0. The fourth-order valence-corrected chi connectivity index (χ4v) is 6.71. The minimum absolute atomic E-state index is 0.00861. The zero-order valence-corrected chi connectivity index (χ0v) is 20.7. The third-order valence-electron chi connectivity index (χ3n) is 8.52. The van der Waals surface area contributed by atoms with E-state index in [-0.39, 0.29) is 5.41 Å². The van der Waals surface area contributed by atoms with Crippen LogP contribution in [0.4, 0.5) is 0 Å². The van der Waals surface area contributed by atoms with Gasteiger partial charge in [0, 0.05) is 50.7 Å². The number of rotatable bonds is 1. The van der Waals surface area contributed by atoms with E-state index in [9.17, 15) is 0 Å². The van der Waals surface area contributed by atoms with Crippen LogP contribution in [0.3, 0.4) is 0 Å². The Kier molecular flexibility index (Phi) is 3.70. The summed E-state index contributed by atoms with van der Waals surface area (Å²) in [6, 6.07) is 38.1. The first-order chi connectivity index (χ1) is 17.5. The van der Waals surface area contributed by atoms with Crippen LogP contribution in [0.15, 0.2) is 103 Å². The fourth-order valence-electron chi connectivity index (χ4n) is 6.71. The summed E-state index contributed by atoms with van der Waals surface area (Å²) in [5, 5.41) is 5.24. The Bertz CT molecular complexity index is 2020. The molecule has 1 aliphatic rings. The highest BCUT2D eigenvalue weighted by Gasteiger charge is 2.36. The topological polar surface area (TPSA) is 9.86 Å². The summed E-state index contributed by atoms with van der Waals surface area (Å²) in [6.07, 6.45) is 0. The Morgan fingerprint density at radius 2 is 1.14 bits per heavy atom. The molecule has 7 aromatic rings. The van der Waals surface area contributed by atoms with Gasteiger partial charge in [-0.15, -0.1) is 0 Å². The van der Waals surface area contributed by atoms with Crippen molar-refractivity contribution >= 4 is 43.6 Å². The summed E-state index contributed by atoms with van der Waals surface area (Å²) in [7, 11) is 2.21. The first-order valence-electron chi connectivity index (χ1n) is 12.7. The van der Waals surface area contributed by atoms with Crippen molar-refractivity contribution in [3.63, 3.8) is 0 Å². The second-order valence-electron chi connectivity index (χ2n) is 10.7. The lowest BCUT2D eigenvalue weighted by molar-refractivity contribution is 0.661. The summed E-state index contributed by atoms with van der Waals surface area (Å²) >= 11 is 0. The number of aromatic nitrogens is 2. The molecule has 36 heavy (non-hydrogen) atoms. The van der Waals surface area contributed by atoms with E-state index in [1.54, 1.807) is 0 Å². The Morgan fingerprint density at radius 1 is 0.500 bits per heavy atom. The van der Waals surface area contributed by atoms with Gasteiger partial charge < -0.3 is 9.13 Å². The van der Waals surface area contributed by atoms with Gasteiger partial charge in [0.25, 0.3) is 0 Å². The SMILES string of the molecule is Cn1c2cc3c(cc2c2cc4c(cc21)c1ccccc1n4-c1ccccc1)C(C)(C)c1ccccc1-3. The van der Waals surface area contributed by atoms with E-state index >= 15 is 0 Å². The Morgan fingerprint density at radius 3 is 2.00 bits per heavy atom. The quantitative estimate of drug-likeness (QED) is 0.231. The van der Waals surface area contributed by atoms with Crippen molar-refractivity contribution in [3.8, 4) is 16.8 Å². The lowest BCUT2D eigenvalue weighted by Crippen LogP contribution is -2.14. The van der Waals surface area contributed by atoms with Crippen LogP contribution in [0.2, 0.25) is 0 Å². The molecule has 0 amide bonds. The van der Waals surface area contributed by atoms with Gasteiger partial charge in [-0.25, -0.2) is 0 Å². The van der Waals surface area contributed by atoms with Crippen molar-refractivity contribution in [2.45, 2.75) is 19.3 Å². The molecule has 2 nitrogen and oxygen atoms in total. The molecule has 2 aromatic heterocycles. The number of benzene rings is 5. The zero-order valence-electron chi connectivity index (χ0n) is 20.7. The summed E-state index contributed by atoms with van der Waals surface area (Å²) in [5.74, 6) is 0. The molecule has 0 saturated heterocycles. The van der Waals surface area contributed by atoms with Crippen molar-refractivity contribution in [1.82, 2.24) is 9.13 Å². The second-order valence-corrected chi connectivity index (χ2v) is 10.7. The zero-order chi connectivity index (χ0) is 24.2. The molecule has 5 aromatic carbocycles. The molecule has 1 aliphatic carbocycles. The normalized spacial score (nSPS) is 14.2. The molecule has 0 saturated carbocycles. The average molecular weight is 463 g/mol. The average Bonchev–Trinajstić information content (AvgIpc) is 3.46. The molecular formula is C34H26N2.